The molecule has 8 nitrogen and oxygen atoms in total. The lowest BCUT2D eigenvalue weighted by Gasteiger charge is -2.27. The Morgan fingerprint density at radius 2 is 1.73 bits per heavy atom. The average Bonchev–Trinajstić information content (AvgIpc) is 3.15. The van der Waals surface area contributed by atoms with Crippen LogP contribution in [0.15, 0.2) is 59.5 Å². The molecular weight excluding hydrogens is 406 g/mol. The molecule has 1 aromatic heterocycles. The fourth-order valence-corrected chi connectivity index (χ4v) is 4.81. The number of aryl methyl sites for hydroxylation is 1. The van der Waals surface area contributed by atoms with Crippen LogP contribution in [0.5, 0.6) is 0 Å². The molecule has 0 N–H and O–H groups in total. The second kappa shape index (κ2) is 7.42. The lowest BCUT2D eigenvalue weighted by atomic mass is 10.1. The molecule has 0 radical (unpaired) electrons. The monoisotopic (exact) mass is 425 g/mol. The van der Waals surface area contributed by atoms with Gasteiger partial charge in [0.1, 0.15) is 0 Å². The van der Waals surface area contributed by atoms with Crippen LogP contribution in [0, 0.1) is 6.92 Å². The number of hydrogen-bond acceptors (Lipinski definition) is 6. The zero-order chi connectivity index (χ0) is 21.5. The molecule has 0 fully saturated rings. The molecule has 2 heterocycles. The van der Waals surface area contributed by atoms with Gasteiger partial charge in [-0.15, -0.1) is 0 Å². The quantitative estimate of drug-likeness (QED) is 0.595. The van der Waals surface area contributed by atoms with Crippen molar-refractivity contribution in [3.63, 3.8) is 0 Å². The number of sulfonamides is 1. The van der Waals surface area contributed by atoms with Crippen LogP contribution in [0.3, 0.4) is 0 Å². The second-order valence-electron chi connectivity index (χ2n) is 6.85. The molecule has 9 heteroatoms. The summed E-state index contributed by atoms with van der Waals surface area (Å²) in [5, 5.41) is 4.28. The number of hydrogen-bond donors (Lipinski definition) is 0. The first-order valence-electron chi connectivity index (χ1n) is 9.24. The summed E-state index contributed by atoms with van der Waals surface area (Å²) in [6, 6.07) is 15.3. The minimum absolute atomic E-state index is 0.0139. The predicted molar refractivity (Wildman–Crippen MR) is 108 cm³/mol. The number of para-hydroxylation sites is 1. The third-order valence-electron chi connectivity index (χ3n) is 4.96. The largest absolute Gasteiger partial charge is 0.464 e. The van der Waals surface area contributed by atoms with Crippen LogP contribution in [0.2, 0.25) is 0 Å². The zero-order valence-corrected chi connectivity index (χ0v) is 17.2. The molecule has 1 aliphatic heterocycles. The van der Waals surface area contributed by atoms with Gasteiger partial charge in [-0.25, -0.2) is 22.2 Å². The molecule has 154 valence electrons. The first-order chi connectivity index (χ1) is 14.3. The number of benzene rings is 2. The van der Waals surface area contributed by atoms with E-state index in [4.69, 9.17) is 4.74 Å². The van der Waals surface area contributed by atoms with E-state index in [0.717, 1.165) is 9.87 Å². The number of esters is 1. The SMILES string of the molecule is COC(=O)c1nn(-c2ccccc2)c2c1C(=O)N(S(=O)(=O)c1ccc(C)cc1)CC2. The summed E-state index contributed by atoms with van der Waals surface area (Å²) >= 11 is 0. The van der Waals surface area contributed by atoms with Gasteiger partial charge in [-0.1, -0.05) is 35.9 Å². The number of carbonyl (C=O) groups is 2. The highest BCUT2D eigenvalue weighted by Gasteiger charge is 2.40. The molecular formula is C21H19N3O5S. The minimum Gasteiger partial charge on any atom is -0.464 e. The van der Waals surface area contributed by atoms with Gasteiger partial charge in [-0.2, -0.15) is 5.10 Å². The molecule has 3 aromatic rings. The Bertz CT molecular complexity index is 1230. The van der Waals surface area contributed by atoms with E-state index in [9.17, 15) is 18.0 Å². The summed E-state index contributed by atoms with van der Waals surface area (Å²) in [5.74, 6) is -1.59. The van der Waals surface area contributed by atoms with Crippen LogP contribution in [0.4, 0.5) is 0 Å². The topological polar surface area (TPSA) is 98.6 Å². The van der Waals surface area contributed by atoms with E-state index in [1.807, 2.05) is 13.0 Å². The first-order valence-corrected chi connectivity index (χ1v) is 10.7. The van der Waals surface area contributed by atoms with Crippen LogP contribution < -0.4 is 0 Å². The second-order valence-corrected chi connectivity index (χ2v) is 8.72. The summed E-state index contributed by atoms with van der Waals surface area (Å²) in [6.07, 6.45) is 0.213. The number of fused-ring (bicyclic) bond motifs is 1. The van der Waals surface area contributed by atoms with Gasteiger partial charge in [-0.3, -0.25) is 4.79 Å². The van der Waals surface area contributed by atoms with Crippen molar-refractivity contribution in [1.29, 1.82) is 0 Å². The van der Waals surface area contributed by atoms with Gasteiger partial charge >= 0.3 is 5.97 Å². The maximum absolute atomic E-state index is 13.3. The number of methoxy groups -OCH3 is 1. The molecule has 1 amide bonds. The zero-order valence-electron chi connectivity index (χ0n) is 16.4. The molecule has 0 spiro atoms. The van der Waals surface area contributed by atoms with Gasteiger partial charge in [0.15, 0.2) is 5.69 Å². The third kappa shape index (κ3) is 3.17. The van der Waals surface area contributed by atoms with Crippen molar-refractivity contribution in [2.75, 3.05) is 13.7 Å². The van der Waals surface area contributed by atoms with Crippen molar-refractivity contribution in [3.8, 4) is 5.69 Å². The molecule has 30 heavy (non-hydrogen) atoms. The maximum Gasteiger partial charge on any atom is 0.359 e. The molecule has 0 atom stereocenters. The van der Waals surface area contributed by atoms with Crippen LogP contribution in [0.25, 0.3) is 5.69 Å². The molecule has 0 aliphatic carbocycles. The fraction of sp³-hybridized carbons (Fsp3) is 0.190. The van der Waals surface area contributed by atoms with Crippen molar-refractivity contribution in [2.45, 2.75) is 18.2 Å². The maximum atomic E-state index is 13.3. The van der Waals surface area contributed by atoms with Gasteiger partial charge in [0, 0.05) is 13.0 Å². The number of carbonyl (C=O) groups excluding carboxylic acids is 2. The van der Waals surface area contributed by atoms with Crippen molar-refractivity contribution >= 4 is 21.9 Å². The molecule has 4 rings (SSSR count). The number of aromatic nitrogens is 2. The van der Waals surface area contributed by atoms with Crippen LogP contribution in [-0.2, 0) is 21.2 Å². The number of rotatable bonds is 4. The predicted octanol–water partition coefficient (Wildman–Crippen LogP) is 2.35. The van der Waals surface area contributed by atoms with E-state index in [-0.39, 0.29) is 29.1 Å². The van der Waals surface area contributed by atoms with Gasteiger partial charge in [0.25, 0.3) is 15.9 Å². The van der Waals surface area contributed by atoms with Gasteiger partial charge in [0.2, 0.25) is 0 Å². The summed E-state index contributed by atoms with van der Waals surface area (Å²) in [4.78, 5) is 25.6. The highest BCUT2D eigenvalue weighted by molar-refractivity contribution is 7.89. The van der Waals surface area contributed by atoms with Gasteiger partial charge in [0.05, 0.1) is 29.0 Å². The standard InChI is InChI=1S/C21H19N3O5S/c1-14-8-10-16(11-9-14)30(27,28)23-13-12-17-18(20(23)25)19(21(26)29-2)22-24(17)15-6-4-3-5-7-15/h3-11H,12-13H2,1-2H3. The molecule has 0 unspecified atom stereocenters. The van der Waals surface area contributed by atoms with E-state index in [1.54, 1.807) is 36.4 Å². The number of amides is 1. The lowest BCUT2D eigenvalue weighted by molar-refractivity contribution is 0.0586. The fourth-order valence-electron chi connectivity index (χ4n) is 3.43. The Hall–Kier alpha value is -3.46. The van der Waals surface area contributed by atoms with Crippen molar-refractivity contribution < 1.29 is 22.7 Å². The Balaban J connectivity index is 1.83. The van der Waals surface area contributed by atoms with Crippen LogP contribution in [0.1, 0.15) is 32.1 Å². The van der Waals surface area contributed by atoms with Crippen molar-refractivity contribution in [1.82, 2.24) is 14.1 Å². The van der Waals surface area contributed by atoms with E-state index in [1.165, 1.54) is 23.9 Å². The van der Waals surface area contributed by atoms with Crippen molar-refractivity contribution in [3.05, 3.63) is 77.1 Å². The molecule has 1 aliphatic rings. The van der Waals surface area contributed by atoms with E-state index in [2.05, 4.69) is 5.10 Å². The van der Waals surface area contributed by atoms with E-state index < -0.39 is 21.9 Å². The minimum atomic E-state index is -4.08. The summed E-state index contributed by atoms with van der Waals surface area (Å²) in [6.45, 7) is 1.79. The van der Waals surface area contributed by atoms with Gasteiger partial charge in [-0.05, 0) is 31.2 Å². The lowest BCUT2D eigenvalue weighted by Crippen LogP contribution is -2.42. The van der Waals surface area contributed by atoms with E-state index >= 15 is 0 Å². The Morgan fingerprint density at radius 3 is 2.37 bits per heavy atom. The third-order valence-corrected chi connectivity index (χ3v) is 6.76. The summed E-state index contributed by atoms with van der Waals surface area (Å²) in [5.41, 5.74) is 1.78. The molecule has 0 bridgehead atoms. The number of ether oxygens (including phenoxy) is 1. The Labute approximate surface area is 173 Å². The van der Waals surface area contributed by atoms with Crippen LogP contribution in [-0.4, -0.2) is 48.0 Å². The van der Waals surface area contributed by atoms with Crippen molar-refractivity contribution in [2.24, 2.45) is 0 Å². The van der Waals surface area contributed by atoms with Gasteiger partial charge < -0.3 is 4.74 Å². The van der Waals surface area contributed by atoms with Crippen LogP contribution >= 0.6 is 0 Å². The summed E-state index contributed by atoms with van der Waals surface area (Å²) < 4.78 is 33.3. The highest BCUT2D eigenvalue weighted by atomic mass is 32.2. The van der Waals surface area contributed by atoms with E-state index in [0.29, 0.717) is 11.4 Å². The average molecular weight is 425 g/mol. The first kappa shape index (κ1) is 19.8. The number of nitrogens with zero attached hydrogens (tertiary/aromatic N) is 3. The Kier molecular flexibility index (Phi) is 4.90. The summed E-state index contributed by atoms with van der Waals surface area (Å²) in [7, 11) is -2.90. The molecule has 2 aromatic carbocycles. The smallest absolute Gasteiger partial charge is 0.359 e. The molecule has 0 saturated heterocycles. The Morgan fingerprint density at radius 1 is 1.07 bits per heavy atom. The highest BCUT2D eigenvalue weighted by Crippen LogP contribution is 2.29. The normalized spacial score (nSPS) is 13.8. The molecule has 0 saturated carbocycles.